The summed E-state index contributed by atoms with van der Waals surface area (Å²) >= 11 is 1.69. The number of carbonyl (C=O) groups excluding carboxylic acids is 1. The first kappa shape index (κ1) is 28.1. The van der Waals surface area contributed by atoms with Crippen LogP contribution >= 0.6 is 36.2 Å². The van der Waals surface area contributed by atoms with Gasteiger partial charge in [0.05, 0.1) is 10.6 Å². The first-order valence-electron chi connectivity index (χ1n) is 13.3. The number of thiophene rings is 1. The molecule has 1 aliphatic heterocycles. The van der Waals surface area contributed by atoms with Crippen LogP contribution in [0.5, 0.6) is 0 Å². The Kier molecular flexibility index (Phi) is 9.33. The van der Waals surface area contributed by atoms with Gasteiger partial charge >= 0.3 is 0 Å². The lowest BCUT2D eigenvalue weighted by atomic mass is 9.92. The topological polar surface area (TPSA) is 70.2 Å². The van der Waals surface area contributed by atoms with E-state index in [9.17, 15) is 4.79 Å². The van der Waals surface area contributed by atoms with Gasteiger partial charge in [-0.25, -0.2) is 9.97 Å². The molecular weight excluding hydrogens is 525 g/mol. The number of anilines is 1. The molecule has 3 aliphatic rings. The van der Waals surface area contributed by atoms with Gasteiger partial charge in [0.2, 0.25) is 5.95 Å². The zero-order chi connectivity index (χ0) is 23.8. The fourth-order valence-corrected chi connectivity index (χ4v) is 6.42. The molecule has 1 saturated heterocycles. The Labute approximate surface area is 235 Å². The van der Waals surface area contributed by atoms with Crippen molar-refractivity contribution in [1.82, 2.24) is 20.2 Å². The summed E-state index contributed by atoms with van der Waals surface area (Å²) in [6.07, 6.45) is 12.1. The third kappa shape index (κ3) is 6.75. The molecule has 0 spiro atoms. The van der Waals surface area contributed by atoms with Crippen LogP contribution in [0.25, 0.3) is 20.7 Å². The van der Waals surface area contributed by atoms with E-state index in [1.165, 1.54) is 45.2 Å². The molecule has 2 aliphatic carbocycles. The quantitative estimate of drug-likeness (QED) is 0.293. The Morgan fingerprint density at radius 2 is 1.89 bits per heavy atom. The van der Waals surface area contributed by atoms with Crippen LogP contribution in [-0.4, -0.2) is 52.5 Å². The van der Waals surface area contributed by atoms with E-state index in [0.717, 1.165) is 69.6 Å². The van der Waals surface area contributed by atoms with Gasteiger partial charge in [0, 0.05) is 40.5 Å². The number of halogens is 2. The molecule has 3 fully saturated rings. The fraction of sp³-hybridized carbons (Fsp3) is 0.536. The van der Waals surface area contributed by atoms with Crippen LogP contribution in [0.4, 0.5) is 5.95 Å². The molecule has 0 radical (unpaired) electrons. The van der Waals surface area contributed by atoms with Crippen LogP contribution in [0.1, 0.15) is 67.3 Å². The molecule has 2 saturated carbocycles. The SMILES string of the molecule is Cc1cnc(NCCCC2CCN(C3CC3)CC2)nc1-c1cc2c(C(=O)NC3CC3)cccc2s1.Cl.Cl. The third-order valence-corrected chi connectivity index (χ3v) is 8.82. The van der Waals surface area contributed by atoms with Crippen molar-refractivity contribution in [2.24, 2.45) is 5.92 Å². The lowest BCUT2D eigenvalue weighted by molar-refractivity contribution is 0.0952. The van der Waals surface area contributed by atoms with Crippen LogP contribution in [0, 0.1) is 12.8 Å². The number of fused-ring (bicyclic) bond motifs is 1. The normalized spacial score (nSPS) is 18.2. The number of hydrogen-bond donors (Lipinski definition) is 2. The highest BCUT2D eigenvalue weighted by atomic mass is 35.5. The van der Waals surface area contributed by atoms with Gasteiger partial charge in [-0.2, -0.15) is 0 Å². The first-order valence-corrected chi connectivity index (χ1v) is 14.1. The second-order valence-electron chi connectivity index (χ2n) is 10.6. The molecule has 6 rings (SSSR count). The van der Waals surface area contributed by atoms with Crippen LogP contribution < -0.4 is 10.6 Å². The summed E-state index contributed by atoms with van der Waals surface area (Å²) in [6, 6.07) is 9.37. The standard InChI is InChI=1S/C28H35N5OS.2ClH/c1-18-17-30-28(29-13-3-4-19-11-14-33(15-12-19)21-9-10-21)32-26(18)25-16-23-22(5-2-6-24(23)35-25)27(34)31-20-7-8-20;;/h2,5-6,16-17,19-21H,3-4,7-15H2,1H3,(H,31,34)(H,29,30,32);2*1H. The lowest BCUT2D eigenvalue weighted by Crippen LogP contribution is -2.35. The van der Waals surface area contributed by atoms with Gasteiger partial charge in [0.15, 0.2) is 0 Å². The molecule has 9 heteroatoms. The van der Waals surface area contributed by atoms with Crippen molar-refractivity contribution in [3.63, 3.8) is 0 Å². The van der Waals surface area contributed by atoms with Crippen LogP contribution in [0.2, 0.25) is 0 Å². The number of aryl methyl sites for hydroxylation is 1. The molecule has 3 heterocycles. The Hall–Kier alpha value is -1.93. The number of benzene rings is 1. The summed E-state index contributed by atoms with van der Waals surface area (Å²) in [5, 5.41) is 7.59. The maximum Gasteiger partial charge on any atom is 0.252 e. The van der Waals surface area contributed by atoms with Gasteiger partial charge in [-0.05, 0) is 101 Å². The minimum absolute atomic E-state index is 0. The molecule has 2 N–H and O–H groups in total. The van der Waals surface area contributed by atoms with E-state index in [1.54, 1.807) is 11.3 Å². The zero-order valence-corrected chi connectivity index (χ0v) is 23.8. The fourth-order valence-electron chi connectivity index (χ4n) is 5.28. The van der Waals surface area contributed by atoms with Gasteiger partial charge < -0.3 is 15.5 Å². The monoisotopic (exact) mass is 561 g/mol. The van der Waals surface area contributed by atoms with E-state index in [0.29, 0.717) is 12.0 Å². The van der Waals surface area contributed by atoms with E-state index in [-0.39, 0.29) is 30.7 Å². The van der Waals surface area contributed by atoms with Crippen molar-refractivity contribution in [1.29, 1.82) is 0 Å². The Balaban J connectivity index is 0.00000160. The van der Waals surface area contributed by atoms with Gasteiger partial charge in [0.1, 0.15) is 0 Å². The highest BCUT2D eigenvalue weighted by Crippen LogP contribution is 2.36. The predicted octanol–water partition coefficient (Wildman–Crippen LogP) is 6.47. The van der Waals surface area contributed by atoms with Crippen molar-refractivity contribution in [2.45, 2.75) is 70.4 Å². The maximum atomic E-state index is 12.7. The molecule has 3 aromatic rings. The summed E-state index contributed by atoms with van der Waals surface area (Å²) in [6.45, 7) is 5.56. The molecule has 1 amide bonds. The number of piperidine rings is 1. The van der Waals surface area contributed by atoms with E-state index in [1.807, 2.05) is 18.3 Å². The van der Waals surface area contributed by atoms with Crippen LogP contribution in [0.15, 0.2) is 30.5 Å². The second-order valence-corrected chi connectivity index (χ2v) is 11.7. The van der Waals surface area contributed by atoms with Crippen molar-refractivity contribution in [3.8, 4) is 10.6 Å². The highest BCUT2D eigenvalue weighted by molar-refractivity contribution is 7.22. The number of nitrogens with one attached hydrogen (secondary N) is 2. The predicted molar refractivity (Wildman–Crippen MR) is 158 cm³/mol. The van der Waals surface area contributed by atoms with Gasteiger partial charge in [-0.3, -0.25) is 4.79 Å². The Morgan fingerprint density at radius 3 is 2.62 bits per heavy atom. The van der Waals surface area contributed by atoms with E-state index in [4.69, 9.17) is 4.98 Å². The van der Waals surface area contributed by atoms with Crippen molar-refractivity contribution in [2.75, 3.05) is 25.0 Å². The largest absolute Gasteiger partial charge is 0.354 e. The Bertz CT molecular complexity index is 1220. The number of rotatable bonds is 9. The van der Waals surface area contributed by atoms with Crippen LogP contribution in [0.3, 0.4) is 0 Å². The Morgan fingerprint density at radius 1 is 1.11 bits per heavy atom. The molecule has 2 aromatic heterocycles. The van der Waals surface area contributed by atoms with Crippen molar-refractivity contribution < 1.29 is 4.79 Å². The number of nitrogens with zero attached hydrogens (tertiary/aromatic N) is 3. The van der Waals surface area contributed by atoms with Gasteiger partial charge in [0.25, 0.3) is 5.91 Å². The zero-order valence-electron chi connectivity index (χ0n) is 21.4. The van der Waals surface area contributed by atoms with E-state index in [2.05, 4.69) is 39.6 Å². The second kappa shape index (κ2) is 12.3. The summed E-state index contributed by atoms with van der Waals surface area (Å²) in [5.41, 5.74) is 2.75. The number of aromatic nitrogens is 2. The average molecular weight is 563 g/mol. The smallest absolute Gasteiger partial charge is 0.252 e. The molecule has 0 bridgehead atoms. The van der Waals surface area contributed by atoms with E-state index >= 15 is 0 Å². The summed E-state index contributed by atoms with van der Waals surface area (Å²) in [4.78, 5) is 25.9. The number of hydrogen-bond acceptors (Lipinski definition) is 6. The average Bonchev–Trinajstić information content (AvgIpc) is 3.81. The first-order chi connectivity index (χ1) is 17.1. The minimum Gasteiger partial charge on any atom is -0.354 e. The molecule has 37 heavy (non-hydrogen) atoms. The van der Waals surface area contributed by atoms with Crippen molar-refractivity contribution >= 4 is 58.1 Å². The summed E-state index contributed by atoms with van der Waals surface area (Å²) in [5.74, 6) is 1.59. The molecule has 0 unspecified atom stereocenters. The minimum atomic E-state index is 0. The van der Waals surface area contributed by atoms with E-state index < -0.39 is 0 Å². The molecule has 200 valence electrons. The van der Waals surface area contributed by atoms with Crippen molar-refractivity contribution in [3.05, 3.63) is 41.6 Å². The highest BCUT2D eigenvalue weighted by Gasteiger charge is 2.31. The number of carbonyl (C=O) groups is 1. The van der Waals surface area contributed by atoms with Gasteiger partial charge in [-0.1, -0.05) is 6.07 Å². The summed E-state index contributed by atoms with van der Waals surface area (Å²) in [7, 11) is 0. The molecular formula is C28H37Cl2N5OS. The molecule has 1 aromatic carbocycles. The van der Waals surface area contributed by atoms with Gasteiger partial charge in [-0.15, -0.1) is 36.2 Å². The molecule has 0 atom stereocenters. The van der Waals surface area contributed by atoms with Crippen LogP contribution in [-0.2, 0) is 0 Å². The maximum absolute atomic E-state index is 12.7. The molecule has 6 nitrogen and oxygen atoms in total. The number of likely N-dealkylation sites (tertiary alicyclic amines) is 1. The lowest BCUT2D eigenvalue weighted by Gasteiger charge is -2.32. The summed E-state index contributed by atoms with van der Waals surface area (Å²) < 4.78 is 1.11. The number of amides is 1. The third-order valence-electron chi connectivity index (χ3n) is 7.71.